The van der Waals surface area contributed by atoms with Crippen molar-refractivity contribution in [1.29, 1.82) is 0 Å². The van der Waals surface area contributed by atoms with Gasteiger partial charge in [0, 0.05) is 23.8 Å². The summed E-state index contributed by atoms with van der Waals surface area (Å²) in [6.45, 7) is 0.936. The summed E-state index contributed by atoms with van der Waals surface area (Å²) in [6, 6.07) is 10.2. The Kier molecular flexibility index (Phi) is 3.15. The van der Waals surface area contributed by atoms with Gasteiger partial charge in [-0.05, 0) is 37.3 Å². The van der Waals surface area contributed by atoms with E-state index in [1.807, 2.05) is 30.5 Å². The first kappa shape index (κ1) is 11.5. The second kappa shape index (κ2) is 4.94. The van der Waals surface area contributed by atoms with E-state index >= 15 is 0 Å². The van der Waals surface area contributed by atoms with Crippen LogP contribution in [-0.2, 0) is 0 Å². The van der Waals surface area contributed by atoms with Crippen LogP contribution < -0.4 is 5.32 Å². The van der Waals surface area contributed by atoms with E-state index < -0.39 is 0 Å². The highest BCUT2D eigenvalue weighted by Gasteiger charge is 2.22. The number of nitrogens with zero attached hydrogens (tertiary/aromatic N) is 1. The number of hydrogen-bond acceptors (Lipinski definition) is 3. The summed E-state index contributed by atoms with van der Waals surface area (Å²) in [4.78, 5) is 4.35. The van der Waals surface area contributed by atoms with Crippen molar-refractivity contribution in [3.63, 3.8) is 0 Å². The Labute approximate surface area is 107 Å². The number of pyridine rings is 1. The Morgan fingerprint density at radius 1 is 1.22 bits per heavy atom. The second-order valence-electron chi connectivity index (χ2n) is 5.09. The predicted octanol–water partition coefficient (Wildman–Crippen LogP) is 2.81. The summed E-state index contributed by atoms with van der Waals surface area (Å²) in [6.07, 6.45) is 4.75. The van der Waals surface area contributed by atoms with Crippen LogP contribution in [0.4, 0.5) is 5.69 Å². The number of aliphatic hydroxyl groups excluding tert-OH is 1. The summed E-state index contributed by atoms with van der Waals surface area (Å²) in [5.41, 5.74) is 2.16. The average Bonchev–Trinajstić information content (AvgIpc) is 2.82. The van der Waals surface area contributed by atoms with Gasteiger partial charge in [0.1, 0.15) is 0 Å². The second-order valence-corrected chi connectivity index (χ2v) is 5.09. The van der Waals surface area contributed by atoms with Gasteiger partial charge in [-0.15, -0.1) is 0 Å². The van der Waals surface area contributed by atoms with Gasteiger partial charge >= 0.3 is 0 Å². The zero-order chi connectivity index (χ0) is 12.4. The van der Waals surface area contributed by atoms with Crippen LogP contribution in [0.2, 0.25) is 0 Å². The van der Waals surface area contributed by atoms with Gasteiger partial charge < -0.3 is 10.4 Å². The van der Waals surface area contributed by atoms with E-state index in [0.29, 0.717) is 5.92 Å². The van der Waals surface area contributed by atoms with Gasteiger partial charge in [-0.25, -0.2) is 0 Å². The largest absolute Gasteiger partial charge is 0.393 e. The molecule has 94 valence electrons. The molecular weight excluding hydrogens is 224 g/mol. The molecule has 18 heavy (non-hydrogen) atoms. The number of hydrogen-bond donors (Lipinski definition) is 2. The van der Waals surface area contributed by atoms with E-state index in [4.69, 9.17) is 0 Å². The summed E-state index contributed by atoms with van der Waals surface area (Å²) >= 11 is 0. The minimum Gasteiger partial charge on any atom is -0.393 e. The molecule has 2 atom stereocenters. The first-order valence-corrected chi connectivity index (χ1v) is 6.58. The molecule has 1 aromatic carbocycles. The minimum atomic E-state index is -0.0917. The first-order chi connectivity index (χ1) is 8.83. The monoisotopic (exact) mass is 242 g/mol. The average molecular weight is 242 g/mol. The topological polar surface area (TPSA) is 45.1 Å². The Morgan fingerprint density at radius 3 is 2.94 bits per heavy atom. The van der Waals surface area contributed by atoms with E-state index in [1.165, 1.54) is 5.39 Å². The molecule has 3 heteroatoms. The van der Waals surface area contributed by atoms with Gasteiger partial charge in [-0.2, -0.15) is 0 Å². The number of para-hydroxylation sites is 1. The molecule has 1 heterocycles. The van der Waals surface area contributed by atoms with Gasteiger partial charge in [0.05, 0.1) is 11.6 Å². The zero-order valence-electron chi connectivity index (χ0n) is 10.3. The highest BCUT2D eigenvalue weighted by Crippen LogP contribution is 2.27. The molecule has 1 aliphatic rings. The minimum absolute atomic E-state index is 0.0917. The van der Waals surface area contributed by atoms with Crippen LogP contribution in [0.25, 0.3) is 10.9 Å². The van der Waals surface area contributed by atoms with Crippen LogP contribution >= 0.6 is 0 Å². The number of benzene rings is 1. The molecule has 3 nitrogen and oxygen atoms in total. The standard InChI is InChI=1S/C15H18N2O/c18-12-6-5-11(9-12)10-17-15-7-8-16-14-4-2-1-3-13(14)15/h1-4,7-8,11-12,18H,5-6,9-10H2,(H,16,17). The zero-order valence-corrected chi connectivity index (χ0v) is 10.3. The highest BCUT2D eigenvalue weighted by atomic mass is 16.3. The van der Waals surface area contributed by atoms with E-state index in [-0.39, 0.29) is 6.10 Å². The van der Waals surface area contributed by atoms with Crippen molar-refractivity contribution < 1.29 is 5.11 Å². The summed E-state index contributed by atoms with van der Waals surface area (Å²) < 4.78 is 0. The van der Waals surface area contributed by atoms with Crippen molar-refractivity contribution >= 4 is 16.6 Å². The SMILES string of the molecule is OC1CCC(CNc2ccnc3ccccc23)C1. The normalized spacial score (nSPS) is 23.4. The number of aromatic nitrogens is 1. The van der Waals surface area contributed by atoms with E-state index in [9.17, 15) is 5.11 Å². The van der Waals surface area contributed by atoms with Gasteiger partial charge in [-0.1, -0.05) is 18.2 Å². The summed E-state index contributed by atoms with van der Waals surface area (Å²) in [5, 5.41) is 14.2. The molecule has 0 amide bonds. The van der Waals surface area contributed by atoms with Crippen molar-refractivity contribution in [2.24, 2.45) is 5.92 Å². The Morgan fingerprint density at radius 2 is 2.11 bits per heavy atom. The fourth-order valence-corrected chi connectivity index (χ4v) is 2.74. The molecule has 2 N–H and O–H groups in total. The van der Waals surface area contributed by atoms with Gasteiger partial charge in [0.2, 0.25) is 0 Å². The lowest BCUT2D eigenvalue weighted by atomic mass is 10.1. The number of anilines is 1. The molecule has 0 saturated heterocycles. The fraction of sp³-hybridized carbons (Fsp3) is 0.400. The number of nitrogens with one attached hydrogen (secondary N) is 1. The third-order valence-corrected chi connectivity index (χ3v) is 3.74. The van der Waals surface area contributed by atoms with Crippen molar-refractivity contribution in [1.82, 2.24) is 4.98 Å². The molecule has 0 aliphatic heterocycles. The maximum absolute atomic E-state index is 9.53. The predicted molar refractivity (Wildman–Crippen MR) is 73.6 cm³/mol. The highest BCUT2D eigenvalue weighted by molar-refractivity contribution is 5.90. The molecule has 0 bridgehead atoms. The third-order valence-electron chi connectivity index (χ3n) is 3.74. The fourth-order valence-electron chi connectivity index (χ4n) is 2.74. The summed E-state index contributed by atoms with van der Waals surface area (Å²) in [5.74, 6) is 0.590. The molecule has 0 radical (unpaired) electrons. The smallest absolute Gasteiger partial charge is 0.0722 e. The van der Waals surface area contributed by atoms with Crippen molar-refractivity contribution in [2.45, 2.75) is 25.4 Å². The summed E-state index contributed by atoms with van der Waals surface area (Å²) in [7, 11) is 0. The van der Waals surface area contributed by atoms with Gasteiger partial charge in [0.25, 0.3) is 0 Å². The molecule has 1 fully saturated rings. The lowest BCUT2D eigenvalue weighted by Crippen LogP contribution is -2.12. The van der Waals surface area contributed by atoms with Crippen LogP contribution in [0.1, 0.15) is 19.3 Å². The number of aliphatic hydroxyl groups is 1. The Hall–Kier alpha value is -1.61. The Bertz CT molecular complexity index is 536. The Balaban J connectivity index is 1.74. The molecule has 2 aromatic rings. The maximum atomic E-state index is 9.53. The van der Waals surface area contributed by atoms with Crippen LogP contribution in [0.5, 0.6) is 0 Å². The quantitative estimate of drug-likeness (QED) is 0.870. The first-order valence-electron chi connectivity index (χ1n) is 6.58. The molecule has 1 aliphatic carbocycles. The molecule has 1 saturated carbocycles. The van der Waals surface area contributed by atoms with Crippen LogP contribution in [-0.4, -0.2) is 22.7 Å². The molecule has 2 unspecified atom stereocenters. The lowest BCUT2D eigenvalue weighted by molar-refractivity contribution is 0.178. The van der Waals surface area contributed by atoms with E-state index in [1.54, 1.807) is 0 Å². The third kappa shape index (κ3) is 2.31. The molecular formula is C15H18N2O. The maximum Gasteiger partial charge on any atom is 0.0722 e. The lowest BCUT2D eigenvalue weighted by Gasteiger charge is -2.13. The van der Waals surface area contributed by atoms with Crippen molar-refractivity contribution in [3.05, 3.63) is 36.5 Å². The van der Waals surface area contributed by atoms with E-state index in [0.717, 1.165) is 37.0 Å². The van der Waals surface area contributed by atoms with E-state index in [2.05, 4.69) is 16.4 Å². The van der Waals surface area contributed by atoms with Crippen LogP contribution in [0, 0.1) is 5.92 Å². The number of fused-ring (bicyclic) bond motifs is 1. The van der Waals surface area contributed by atoms with Gasteiger partial charge in [-0.3, -0.25) is 4.98 Å². The molecule has 3 rings (SSSR count). The number of rotatable bonds is 3. The van der Waals surface area contributed by atoms with Crippen molar-refractivity contribution in [2.75, 3.05) is 11.9 Å². The van der Waals surface area contributed by atoms with Gasteiger partial charge in [0.15, 0.2) is 0 Å². The molecule has 1 aromatic heterocycles. The van der Waals surface area contributed by atoms with Crippen LogP contribution in [0.3, 0.4) is 0 Å². The van der Waals surface area contributed by atoms with Crippen molar-refractivity contribution in [3.8, 4) is 0 Å². The van der Waals surface area contributed by atoms with Crippen LogP contribution in [0.15, 0.2) is 36.5 Å². The molecule has 0 spiro atoms.